The van der Waals surface area contributed by atoms with Crippen LogP contribution in [0.4, 0.5) is 0 Å². The molecule has 0 saturated carbocycles. The molecule has 1 rings (SSSR count). The van der Waals surface area contributed by atoms with Crippen molar-refractivity contribution >= 4 is 11.9 Å². The Morgan fingerprint density at radius 3 is 2.67 bits per heavy atom. The van der Waals surface area contributed by atoms with Crippen molar-refractivity contribution in [2.24, 2.45) is 0 Å². The molecule has 0 spiro atoms. The van der Waals surface area contributed by atoms with Crippen molar-refractivity contribution in [3.63, 3.8) is 0 Å². The molecule has 0 unspecified atom stereocenters. The van der Waals surface area contributed by atoms with Crippen LogP contribution in [0.3, 0.4) is 0 Å². The second-order valence-electron chi connectivity index (χ2n) is 5.01. The minimum absolute atomic E-state index is 0.0574. The third-order valence-electron chi connectivity index (χ3n) is 3.70. The number of rotatable bonds is 5. The molecule has 0 aliphatic carbocycles. The number of carboxylic acids is 1. The van der Waals surface area contributed by atoms with E-state index in [-0.39, 0.29) is 11.9 Å². The highest BCUT2D eigenvalue weighted by Crippen LogP contribution is 2.19. The van der Waals surface area contributed by atoms with E-state index < -0.39 is 12.0 Å². The van der Waals surface area contributed by atoms with Crippen LogP contribution in [0, 0.1) is 0 Å². The van der Waals surface area contributed by atoms with Gasteiger partial charge in [-0.15, -0.1) is 0 Å². The van der Waals surface area contributed by atoms with Gasteiger partial charge in [-0.1, -0.05) is 13.3 Å². The summed E-state index contributed by atoms with van der Waals surface area (Å²) in [6, 6.07) is -0.895. The molecule has 5 heteroatoms. The van der Waals surface area contributed by atoms with Gasteiger partial charge in [0.1, 0.15) is 6.04 Å². The lowest BCUT2D eigenvalue weighted by Crippen LogP contribution is -2.53. The van der Waals surface area contributed by atoms with Crippen molar-refractivity contribution in [3.8, 4) is 0 Å². The fourth-order valence-electron chi connectivity index (χ4n) is 2.42. The van der Waals surface area contributed by atoms with Crippen LogP contribution in [0.25, 0.3) is 0 Å². The Kier molecular flexibility index (Phi) is 5.59. The van der Waals surface area contributed by atoms with Crippen LogP contribution >= 0.6 is 0 Å². The van der Waals surface area contributed by atoms with Crippen LogP contribution in [0.1, 0.15) is 39.5 Å². The van der Waals surface area contributed by atoms with Gasteiger partial charge in [0.05, 0.1) is 6.04 Å². The van der Waals surface area contributed by atoms with Crippen LogP contribution in [-0.2, 0) is 9.59 Å². The summed E-state index contributed by atoms with van der Waals surface area (Å²) in [5, 5.41) is 8.96. The van der Waals surface area contributed by atoms with Gasteiger partial charge >= 0.3 is 5.97 Å². The molecule has 0 aromatic carbocycles. The summed E-state index contributed by atoms with van der Waals surface area (Å²) >= 11 is 0. The lowest BCUT2D eigenvalue weighted by molar-refractivity contribution is -0.151. The van der Waals surface area contributed by atoms with Crippen molar-refractivity contribution < 1.29 is 14.7 Å². The van der Waals surface area contributed by atoms with E-state index in [0.29, 0.717) is 0 Å². The predicted molar refractivity (Wildman–Crippen MR) is 69.4 cm³/mol. The highest BCUT2D eigenvalue weighted by Gasteiger charge is 2.33. The number of likely N-dealkylation sites (tertiary alicyclic amines) is 1. The second kappa shape index (κ2) is 6.73. The van der Waals surface area contributed by atoms with Crippen LogP contribution in [0.2, 0.25) is 0 Å². The average molecular weight is 256 g/mol. The number of carbonyl (C=O) groups is 2. The van der Waals surface area contributed by atoms with Gasteiger partial charge in [-0.25, -0.2) is 4.79 Å². The number of hydrogen-bond donors (Lipinski definition) is 1. The second-order valence-corrected chi connectivity index (χ2v) is 5.01. The maximum atomic E-state index is 12.4. The first-order valence-corrected chi connectivity index (χ1v) is 6.72. The lowest BCUT2D eigenvalue weighted by Gasteiger charge is -2.37. The molecule has 0 aromatic heterocycles. The van der Waals surface area contributed by atoms with Crippen molar-refractivity contribution in [2.75, 3.05) is 20.1 Å². The summed E-state index contributed by atoms with van der Waals surface area (Å²) in [5.74, 6) is -1.01. The number of carboxylic acid groups (broad SMARTS) is 1. The molecule has 0 aromatic rings. The summed E-state index contributed by atoms with van der Waals surface area (Å²) < 4.78 is 0. The van der Waals surface area contributed by atoms with E-state index in [0.717, 1.165) is 38.8 Å². The van der Waals surface area contributed by atoms with Crippen molar-refractivity contribution in [2.45, 2.75) is 51.6 Å². The zero-order valence-electron chi connectivity index (χ0n) is 11.6. The molecule has 1 N–H and O–H groups in total. The zero-order chi connectivity index (χ0) is 13.7. The van der Waals surface area contributed by atoms with E-state index in [1.807, 2.05) is 0 Å². The SMILES string of the molecule is CCCN1CCCC[C@H]1C(=O)N(C)[C@@H](C)C(=O)O. The van der Waals surface area contributed by atoms with Gasteiger partial charge < -0.3 is 10.0 Å². The first kappa shape index (κ1) is 15.0. The van der Waals surface area contributed by atoms with Crippen molar-refractivity contribution in [1.82, 2.24) is 9.80 Å². The first-order chi connectivity index (χ1) is 8.49. The van der Waals surface area contributed by atoms with E-state index >= 15 is 0 Å². The number of likely N-dealkylation sites (N-methyl/N-ethyl adjacent to an activating group) is 1. The van der Waals surface area contributed by atoms with Crippen LogP contribution in [0.5, 0.6) is 0 Å². The number of carbonyl (C=O) groups excluding carboxylic acids is 1. The Morgan fingerprint density at radius 2 is 2.11 bits per heavy atom. The van der Waals surface area contributed by atoms with Gasteiger partial charge in [0.25, 0.3) is 0 Å². The highest BCUT2D eigenvalue weighted by molar-refractivity contribution is 5.86. The van der Waals surface area contributed by atoms with Gasteiger partial charge in [0, 0.05) is 7.05 Å². The average Bonchev–Trinajstić information content (AvgIpc) is 2.37. The number of nitrogens with zero attached hydrogens (tertiary/aromatic N) is 2. The van der Waals surface area contributed by atoms with Gasteiger partial charge in [-0.05, 0) is 39.3 Å². The highest BCUT2D eigenvalue weighted by atomic mass is 16.4. The normalized spacial score (nSPS) is 22.5. The minimum Gasteiger partial charge on any atom is -0.480 e. The Morgan fingerprint density at radius 1 is 1.44 bits per heavy atom. The van der Waals surface area contributed by atoms with E-state index in [2.05, 4.69) is 11.8 Å². The molecule has 1 aliphatic rings. The fraction of sp³-hybridized carbons (Fsp3) is 0.846. The molecule has 1 amide bonds. The maximum absolute atomic E-state index is 12.4. The van der Waals surface area contributed by atoms with Gasteiger partial charge in [-0.2, -0.15) is 0 Å². The predicted octanol–water partition coefficient (Wildman–Crippen LogP) is 1.18. The Hall–Kier alpha value is -1.10. The Bertz CT molecular complexity index is 305. The van der Waals surface area contributed by atoms with Crippen molar-refractivity contribution in [1.29, 1.82) is 0 Å². The molecular weight excluding hydrogens is 232 g/mol. The van der Waals surface area contributed by atoms with Gasteiger partial charge in [0.15, 0.2) is 0 Å². The third-order valence-corrected chi connectivity index (χ3v) is 3.70. The number of piperidine rings is 1. The minimum atomic E-state index is -0.955. The largest absolute Gasteiger partial charge is 0.480 e. The molecule has 2 atom stereocenters. The molecule has 1 saturated heterocycles. The van der Waals surface area contributed by atoms with Gasteiger partial charge in [0.2, 0.25) is 5.91 Å². The summed E-state index contributed by atoms with van der Waals surface area (Å²) in [6.45, 7) is 5.50. The number of hydrogen-bond acceptors (Lipinski definition) is 3. The van der Waals surface area contributed by atoms with E-state index in [9.17, 15) is 9.59 Å². The summed E-state index contributed by atoms with van der Waals surface area (Å²) in [4.78, 5) is 26.8. The van der Waals surface area contributed by atoms with E-state index in [1.54, 1.807) is 14.0 Å². The van der Waals surface area contributed by atoms with E-state index in [1.165, 1.54) is 4.90 Å². The zero-order valence-corrected chi connectivity index (χ0v) is 11.6. The monoisotopic (exact) mass is 256 g/mol. The molecule has 104 valence electrons. The van der Waals surface area contributed by atoms with Crippen LogP contribution in [-0.4, -0.2) is 59.0 Å². The molecule has 1 aliphatic heterocycles. The number of amides is 1. The fourth-order valence-corrected chi connectivity index (χ4v) is 2.42. The maximum Gasteiger partial charge on any atom is 0.326 e. The molecule has 1 heterocycles. The van der Waals surface area contributed by atoms with E-state index in [4.69, 9.17) is 5.11 Å². The summed E-state index contributed by atoms with van der Waals surface area (Å²) in [5.41, 5.74) is 0. The first-order valence-electron chi connectivity index (χ1n) is 6.72. The quantitative estimate of drug-likeness (QED) is 0.802. The van der Waals surface area contributed by atoms with Crippen LogP contribution in [0.15, 0.2) is 0 Å². The lowest BCUT2D eigenvalue weighted by atomic mass is 10.00. The molecule has 0 radical (unpaired) electrons. The molecular formula is C13H24N2O3. The van der Waals surface area contributed by atoms with Crippen LogP contribution < -0.4 is 0 Å². The number of aliphatic carboxylic acids is 1. The molecule has 5 nitrogen and oxygen atoms in total. The van der Waals surface area contributed by atoms with Crippen molar-refractivity contribution in [3.05, 3.63) is 0 Å². The molecule has 1 fully saturated rings. The molecule has 18 heavy (non-hydrogen) atoms. The summed E-state index contributed by atoms with van der Waals surface area (Å²) in [7, 11) is 1.58. The third kappa shape index (κ3) is 3.45. The summed E-state index contributed by atoms with van der Waals surface area (Å²) in [6.07, 6.45) is 4.03. The standard InChI is InChI=1S/C13H24N2O3/c1-4-8-15-9-6-5-7-11(15)12(16)14(3)10(2)13(17)18/h10-11H,4-9H2,1-3H3,(H,17,18)/t10-,11-/m0/s1. The Balaban J connectivity index is 2.70. The molecule has 0 bridgehead atoms. The Labute approximate surface area is 109 Å². The topological polar surface area (TPSA) is 60.9 Å². The smallest absolute Gasteiger partial charge is 0.326 e. The van der Waals surface area contributed by atoms with Gasteiger partial charge in [-0.3, -0.25) is 9.69 Å².